The van der Waals surface area contributed by atoms with Gasteiger partial charge < -0.3 is 9.29 Å². The molecule has 1 aromatic rings. The first kappa shape index (κ1) is 12.1. The van der Waals surface area contributed by atoms with Crippen LogP contribution in [0.3, 0.4) is 0 Å². The van der Waals surface area contributed by atoms with Crippen molar-refractivity contribution in [3.63, 3.8) is 0 Å². The third kappa shape index (κ3) is 2.97. The Bertz CT molecular complexity index is 342. The molecule has 0 aliphatic rings. The van der Waals surface area contributed by atoms with Gasteiger partial charge in [0.2, 0.25) is 5.88 Å². The minimum atomic E-state index is -2.10. The summed E-state index contributed by atoms with van der Waals surface area (Å²) >= 11 is -2.10. The Hall–Kier alpha value is -1.01. The Labute approximate surface area is 91.2 Å². The molecule has 6 heteroatoms. The maximum absolute atomic E-state index is 10.8. The number of hydrogen-bond acceptors (Lipinski definition) is 5. The second-order valence-electron chi connectivity index (χ2n) is 3.24. The van der Waals surface area contributed by atoms with Crippen molar-refractivity contribution in [2.24, 2.45) is 0 Å². The maximum Gasteiger partial charge on any atom is 0.231 e. The predicted molar refractivity (Wildman–Crippen MR) is 55.4 cm³/mol. The van der Waals surface area contributed by atoms with Crippen LogP contribution in [0, 0.1) is 0 Å². The molecule has 5 nitrogen and oxygen atoms in total. The van der Waals surface area contributed by atoms with Gasteiger partial charge >= 0.3 is 0 Å². The Balaban J connectivity index is 2.82. The summed E-state index contributed by atoms with van der Waals surface area (Å²) in [6.07, 6.45) is 3.01. The molecule has 0 aromatic carbocycles. The van der Waals surface area contributed by atoms with Crippen molar-refractivity contribution in [3.05, 3.63) is 18.1 Å². The third-order valence-electron chi connectivity index (χ3n) is 2.33. The molecule has 0 saturated carbocycles. The molecule has 84 valence electrons. The van der Waals surface area contributed by atoms with Crippen molar-refractivity contribution in [1.82, 2.24) is 9.97 Å². The van der Waals surface area contributed by atoms with Gasteiger partial charge in [0.1, 0.15) is 0 Å². The van der Waals surface area contributed by atoms with E-state index in [9.17, 15) is 8.76 Å². The topological polar surface area (TPSA) is 75.1 Å². The highest BCUT2D eigenvalue weighted by Crippen LogP contribution is 2.20. The van der Waals surface area contributed by atoms with Crippen LogP contribution in [0.5, 0.6) is 5.88 Å². The molecule has 0 saturated heterocycles. The number of methoxy groups -OCH3 is 1. The van der Waals surface area contributed by atoms with Gasteiger partial charge in [0.25, 0.3) is 0 Å². The summed E-state index contributed by atoms with van der Waals surface area (Å²) in [5.41, 5.74) is 0.646. The first-order chi connectivity index (χ1) is 7.06. The van der Waals surface area contributed by atoms with Crippen molar-refractivity contribution in [1.29, 1.82) is 0 Å². The SMILES string of the molecule is COc1cnc([C@@H](C)[C@H](C)S(=O)[O-])cn1. The first-order valence-electron chi connectivity index (χ1n) is 4.50. The van der Waals surface area contributed by atoms with E-state index in [1.807, 2.05) is 0 Å². The normalized spacial score (nSPS) is 16.8. The fourth-order valence-corrected chi connectivity index (χ4v) is 1.55. The van der Waals surface area contributed by atoms with Crippen LogP contribution in [0.25, 0.3) is 0 Å². The monoisotopic (exact) mass is 229 g/mol. The van der Waals surface area contributed by atoms with Crippen LogP contribution in [0.1, 0.15) is 25.5 Å². The lowest BCUT2D eigenvalue weighted by molar-refractivity contribution is 0.394. The molecule has 15 heavy (non-hydrogen) atoms. The number of rotatable bonds is 4. The highest BCUT2D eigenvalue weighted by atomic mass is 32.2. The van der Waals surface area contributed by atoms with Crippen LogP contribution in [-0.2, 0) is 11.1 Å². The van der Waals surface area contributed by atoms with Gasteiger partial charge in [0.05, 0.1) is 25.2 Å². The van der Waals surface area contributed by atoms with Gasteiger partial charge in [-0.1, -0.05) is 24.9 Å². The largest absolute Gasteiger partial charge is 0.772 e. The van der Waals surface area contributed by atoms with Crippen molar-refractivity contribution < 1.29 is 13.5 Å². The van der Waals surface area contributed by atoms with E-state index in [1.54, 1.807) is 13.8 Å². The van der Waals surface area contributed by atoms with E-state index in [-0.39, 0.29) is 5.92 Å². The van der Waals surface area contributed by atoms with Gasteiger partial charge in [-0.2, -0.15) is 0 Å². The highest BCUT2D eigenvalue weighted by Gasteiger charge is 2.16. The van der Waals surface area contributed by atoms with Crippen molar-refractivity contribution in [2.75, 3.05) is 7.11 Å². The lowest BCUT2D eigenvalue weighted by Crippen LogP contribution is -2.19. The average Bonchev–Trinajstić information content (AvgIpc) is 2.27. The maximum atomic E-state index is 10.8. The van der Waals surface area contributed by atoms with E-state index < -0.39 is 16.3 Å². The van der Waals surface area contributed by atoms with Gasteiger partial charge in [-0.15, -0.1) is 0 Å². The standard InChI is InChI=1S/C9H14N2O3S/c1-6(7(2)15(12)13)8-4-11-9(14-3)5-10-8/h4-7H,1-3H3,(H,12,13)/p-1/t6-,7-/m0/s1. The summed E-state index contributed by atoms with van der Waals surface area (Å²) in [5.74, 6) is 0.239. The summed E-state index contributed by atoms with van der Waals surface area (Å²) in [6, 6.07) is 0. The van der Waals surface area contributed by atoms with Crippen LogP contribution < -0.4 is 4.74 Å². The van der Waals surface area contributed by atoms with Gasteiger partial charge in [-0.05, 0) is 0 Å². The second-order valence-corrected chi connectivity index (χ2v) is 4.50. The summed E-state index contributed by atoms with van der Waals surface area (Å²) in [6.45, 7) is 3.44. The second kappa shape index (κ2) is 5.18. The molecule has 3 atom stereocenters. The Morgan fingerprint density at radius 2 is 2.07 bits per heavy atom. The van der Waals surface area contributed by atoms with Gasteiger partial charge in [0.15, 0.2) is 0 Å². The van der Waals surface area contributed by atoms with E-state index in [4.69, 9.17) is 4.74 Å². The van der Waals surface area contributed by atoms with Gasteiger partial charge in [-0.3, -0.25) is 9.19 Å². The van der Waals surface area contributed by atoms with E-state index in [1.165, 1.54) is 19.5 Å². The zero-order valence-electron chi connectivity index (χ0n) is 8.84. The molecule has 0 spiro atoms. The molecular formula is C9H13N2O3S-. The molecule has 0 amide bonds. The number of nitrogens with zero attached hydrogens (tertiary/aromatic N) is 2. The Kier molecular flexibility index (Phi) is 4.16. The fraction of sp³-hybridized carbons (Fsp3) is 0.556. The highest BCUT2D eigenvalue weighted by molar-refractivity contribution is 7.79. The van der Waals surface area contributed by atoms with Crippen molar-refractivity contribution in [2.45, 2.75) is 25.0 Å². The average molecular weight is 229 g/mol. The zero-order valence-corrected chi connectivity index (χ0v) is 9.65. The third-order valence-corrected chi connectivity index (χ3v) is 3.35. The molecule has 1 unspecified atom stereocenters. The van der Waals surface area contributed by atoms with Crippen LogP contribution in [0.15, 0.2) is 12.4 Å². The molecule has 0 aliphatic carbocycles. The molecule has 0 fully saturated rings. The first-order valence-corrected chi connectivity index (χ1v) is 5.64. The van der Waals surface area contributed by atoms with Crippen LogP contribution >= 0.6 is 0 Å². The summed E-state index contributed by atoms with van der Waals surface area (Å²) in [5, 5.41) is -0.479. The van der Waals surface area contributed by atoms with Crippen molar-refractivity contribution >= 4 is 11.1 Å². The quantitative estimate of drug-likeness (QED) is 0.716. The van der Waals surface area contributed by atoms with Gasteiger partial charge in [0, 0.05) is 11.2 Å². The minimum Gasteiger partial charge on any atom is -0.772 e. The van der Waals surface area contributed by atoms with Crippen LogP contribution in [-0.4, -0.2) is 31.1 Å². The number of hydrogen-bond donors (Lipinski definition) is 0. The van der Waals surface area contributed by atoms with Gasteiger partial charge in [-0.25, -0.2) is 4.98 Å². The van der Waals surface area contributed by atoms with E-state index in [0.717, 1.165) is 0 Å². The smallest absolute Gasteiger partial charge is 0.231 e. The number of aromatic nitrogens is 2. The molecule has 0 N–H and O–H groups in total. The Morgan fingerprint density at radius 3 is 2.47 bits per heavy atom. The van der Waals surface area contributed by atoms with Crippen LogP contribution in [0.4, 0.5) is 0 Å². The number of ether oxygens (including phenoxy) is 1. The van der Waals surface area contributed by atoms with E-state index >= 15 is 0 Å². The predicted octanol–water partition coefficient (Wildman–Crippen LogP) is 0.856. The van der Waals surface area contributed by atoms with Crippen LogP contribution in [0.2, 0.25) is 0 Å². The summed E-state index contributed by atoms with van der Waals surface area (Å²) in [4.78, 5) is 8.07. The molecular weight excluding hydrogens is 216 g/mol. The lowest BCUT2D eigenvalue weighted by atomic mass is 10.1. The minimum absolute atomic E-state index is 0.179. The molecule has 0 aliphatic heterocycles. The summed E-state index contributed by atoms with van der Waals surface area (Å²) in [7, 11) is 1.50. The molecule has 1 rings (SSSR count). The molecule has 1 aromatic heterocycles. The zero-order chi connectivity index (χ0) is 11.4. The Morgan fingerprint density at radius 1 is 1.40 bits per heavy atom. The summed E-state index contributed by atoms with van der Waals surface area (Å²) < 4.78 is 26.4. The lowest BCUT2D eigenvalue weighted by Gasteiger charge is -2.21. The van der Waals surface area contributed by atoms with E-state index in [2.05, 4.69) is 9.97 Å². The van der Waals surface area contributed by atoms with Crippen molar-refractivity contribution in [3.8, 4) is 5.88 Å². The fourth-order valence-electron chi connectivity index (χ4n) is 1.07. The molecule has 0 bridgehead atoms. The van der Waals surface area contributed by atoms with E-state index in [0.29, 0.717) is 11.6 Å². The molecule has 0 radical (unpaired) electrons. The molecule has 1 heterocycles.